The monoisotopic (exact) mass is 258 g/mol. The van der Waals surface area contributed by atoms with Crippen LogP contribution in [0.3, 0.4) is 0 Å². The number of hydrogen-bond donors (Lipinski definition) is 1. The van der Waals surface area contributed by atoms with Crippen LogP contribution in [0, 0.1) is 5.92 Å². The van der Waals surface area contributed by atoms with Crippen LogP contribution >= 0.6 is 11.5 Å². The Morgan fingerprint density at radius 3 is 2.67 bits per heavy atom. The molecule has 1 aliphatic carbocycles. The lowest BCUT2D eigenvalue weighted by Crippen LogP contribution is -1.95. The Morgan fingerprint density at radius 2 is 2.00 bits per heavy atom. The average Bonchev–Trinajstić information content (AvgIpc) is 3.14. The van der Waals surface area contributed by atoms with Crippen molar-refractivity contribution in [2.75, 3.05) is 0 Å². The van der Waals surface area contributed by atoms with E-state index >= 15 is 0 Å². The molecule has 2 nitrogen and oxygen atoms in total. The molecule has 0 saturated heterocycles. The molecule has 3 rings (SSSR count). The first-order valence-electron chi connectivity index (χ1n) is 6.60. The van der Waals surface area contributed by atoms with Gasteiger partial charge >= 0.3 is 0 Å². The van der Waals surface area contributed by atoms with Gasteiger partial charge in [-0.3, -0.25) is 0 Å². The summed E-state index contributed by atoms with van der Waals surface area (Å²) >= 11 is 1.65. The molecule has 0 atom stereocenters. The summed E-state index contributed by atoms with van der Waals surface area (Å²) in [6, 6.07) is 10.6. The molecular weight excluding hydrogens is 240 g/mol. The Hall–Kier alpha value is -1.19. The normalized spacial score (nSPS) is 14.9. The van der Waals surface area contributed by atoms with Crippen LogP contribution in [0.5, 0.6) is 0 Å². The Balaban J connectivity index is 1.70. The molecule has 1 aromatic heterocycles. The highest BCUT2D eigenvalue weighted by Gasteiger charge is 2.20. The highest BCUT2D eigenvalue weighted by atomic mass is 32.1. The average molecular weight is 258 g/mol. The maximum atomic E-state index is 5.60. The van der Waals surface area contributed by atoms with Gasteiger partial charge in [-0.05, 0) is 41.9 Å². The summed E-state index contributed by atoms with van der Waals surface area (Å²) < 4.78 is 4.55. The van der Waals surface area contributed by atoms with Crippen molar-refractivity contribution in [2.45, 2.75) is 32.2 Å². The maximum Gasteiger partial charge on any atom is 0.0843 e. The molecule has 2 aromatic rings. The van der Waals surface area contributed by atoms with Crippen LogP contribution in [0.1, 0.15) is 29.7 Å². The number of nitrogens with two attached hydrogens (primary N) is 1. The third-order valence-corrected chi connectivity index (χ3v) is 4.38. The summed E-state index contributed by atoms with van der Waals surface area (Å²) in [5, 5.41) is 0. The molecule has 1 aliphatic rings. The van der Waals surface area contributed by atoms with Crippen molar-refractivity contribution in [1.82, 2.24) is 4.37 Å². The SMILES string of the molecule is NCc1ccc(-c2cc(CCC3CC3)sn2)cc1. The van der Waals surface area contributed by atoms with Crippen LogP contribution in [0.4, 0.5) is 0 Å². The fraction of sp³-hybridized carbons (Fsp3) is 0.400. The van der Waals surface area contributed by atoms with Gasteiger partial charge in [0, 0.05) is 17.0 Å². The predicted molar refractivity (Wildman–Crippen MR) is 76.5 cm³/mol. The molecular formula is C15H18N2S. The molecule has 2 N–H and O–H groups in total. The van der Waals surface area contributed by atoms with Crippen molar-refractivity contribution in [3.05, 3.63) is 40.8 Å². The lowest BCUT2D eigenvalue weighted by molar-refractivity contribution is 0.733. The van der Waals surface area contributed by atoms with Gasteiger partial charge in [-0.15, -0.1) is 0 Å². The topological polar surface area (TPSA) is 38.9 Å². The molecule has 0 spiro atoms. The number of aryl methyl sites for hydroxylation is 1. The zero-order chi connectivity index (χ0) is 12.4. The largest absolute Gasteiger partial charge is 0.326 e. The molecule has 1 fully saturated rings. The predicted octanol–water partition coefficient (Wildman–Crippen LogP) is 3.61. The highest BCUT2D eigenvalue weighted by molar-refractivity contribution is 7.06. The minimum atomic E-state index is 0.601. The van der Waals surface area contributed by atoms with Crippen LogP contribution in [0.2, 0.25) is 0 Å². The molecule has 0 amide bonds. The van der Waals surface area contributed by atoms with Gasteiger partial charge in [0.25, 0.3) is 0 Å². The van der Waals surface area contributed by atoms with Gasteiger partial charge in [-0.25, -0.2) is 0 Å². The van der Waals surface area contributed by atoms with E-state index in [2.05, 4.69) is 34.7 Å². The van der Waals surface area contributed by atoms with Gasteiger partial charge in [0.2, 0.25) is 0 Å². The molecule has 0 bridgehead atoms. The van der Waals surface area contributed by atoms with E-state index in [1.807, 2.05) is 0 Å². The van der Waals surface area contributed by atoms with E-state index in [9.17, 15) is 0 Å². The second-order valence-corrected chi connectivity index (χ2v) is 5.95. The smallest absolute Gasteiger partial charge is 0.0843 e. The molecule has 0 radical (unpaired) electrons. The quantitative estimate of drug-likeness (QED) is 0.889. The summed E-state index contributed by atoms with van der Waals surface area (Å²) in [6.45, 7) is 0.601. The van der Waals surface area contributed by atoms with Crippen molar-refractivity contribution in [3.63, 3.8) is 0 Å². The van der Waals surface area contributed by atoms with E-state index < -0.39 is 0 Å². The van der Waals surface area contributed by atoms with Crippen LogP contribution < -0.4 is 5.73 Å². The Bertz CT molecular complexity index is 512. The van der Waals surface area contributed by atoms with E-state index in [0.29, 0.717) is 6.54 Å². The minimum absolute atomic E-state index is 0.601. The summed E-state index contributed by atoms with van der Waals surface area (Å²) in [4.78, 5) is 1.42. The Kier molecular flexibility index (Phi) is 3.43. The van der Waals surface area contributed by atoms with Crippen molar-refractivity contribution >= 4 is 11.5 Å². The standard InChI is InChI=1S/C15H18N2S/c16-10-12-3-6-13(7-4-12)15-9-14(18-17-15)8-5-11-1-2-11/h3-4,6-7,9,11H,1-2,5,8,10,16H2. The van der Waals surface area contributed by atoms with E-state index in [1.165, 1.54) is 41.7 Å². The van der Waals surface area contributed by atoms with Gasteiger partial charge in [-0.2, -0.15) is 4.37 Å². The van der Waals surface area contributed by atoms with Gasteiger partial charge in [-0.1, -0.05) is 37.1 Å². The van der Waals surface area contributed by atoms with Crippen LogP contribution in [0.15, 0.2) is 30.3 Å². The van der Waals surface area contributed by atoms with E-state index in [-0.39, 0.29) is 0 Å². The summed E-state index contributed by atoms with van der Waals surface area (Å²) in [6.07, 6.45) is 5.41. The molecule has 1 saturated carbocycles. The summed E-state index contributed by atoms with van der Waals surface area (Å²) in [5.74, 6) is 0.999. The van der Waals surface area contributed by atoms with E-state index in [1.54, 1.807) is 11.5 Å². The molecule has 18 heavy (non-hydrogen) atoms. The second-order valence-electron chi connectivity index (χ2n) is 5.06. The van der Waals surface area contributed by atoms with Crippen molar-refractivity contribution in [3.8, 4) is 11.3 Å². The summed E-state index contributed by atoms with van der Waals surface area (Å²) in [7, 11) is 0. The molecule has 3 heteroatoms. The number of nitrogens with zero attached hydrogens (tertiary/aromatic N) is 1. The van der Waals surface area contributed by atoms with Crippen LogP contribution in [0.25, 0.3) is 11.3 Å². The lowest BCUT2D eigenvalue weighted by atomic mass is 10.1. The molecule has 1 heterocycles. The van der Waals surface area contributed by atoms with Crippen LogP contribution in [-0.2, 0) is 13.0 Å². The zero-order valence-corrected chi connectivity index (χ0v) is 11.2. The number of benzene rings is 1. The van der Waals surface area contributed by atoms with E-state index in [4.69, 9.17) is 5.73 Å². The first-order valence-corrected chi connectivity index (χ1v) is 7.37. The highest BCUT2D eigenvalue weighted by Crippen LogP contribution is 2.34. The van der Waals surface area contributed by atoms with Crippen molar-refractivity contribution in [2.24, 2.45) is 11.7 Å². The first-order chi connectivity index (χ1) is 8.85. The number of hydrogen-bond acceptors (Lipinski definition) is 3. The Labute approximate surface area is 112 Å². The maximum absolute atomic E-state index is 5.60. The zero-order valence-electron chi connectivity index (χ0n) is 10.4. The summed E-state index contributed by atoms with van der Waals surface area (Å²) in [5.41, 5.74) is 9.07. The number of aromatic nitrogens is 1. The molecule has 0 aliphatic heterocycles. The Morgan fingerprint density at radius 1 is 1.22 bits per heavy atom. The fourth-order valence-electron chi connectivity index (χ4n) is 2.13. The second kappa shape index (κ2) is 5.21. The molecule has 0 unspecified atom stereocenters. The minimum Gasteiger partial charge on any atom is -0.326 e. The van der Waals surface area contributed by atoms with Gasteiger partial charge in [0.05, 0.1) is 5.69 Å². The third-order valence-electron chi connectivity index (χ3n) is 3.54. The molecule has 1 aromatic carbocycles. The fourth-order valence-corrected chi connectivity index (χ4v) is 2.88. The van der Waals surface area contributed by atoms with Crippen molar-refractivity contribution in [1.29, 1.82) is 0 Å². The van der Waals surface area contributed by atoms with Crippen LogP contribution in [-0.4, -0.2) is 4.37 Å². The number of rotatable bonds is 5. The first kappa shape index (κ1) is 11.9. The van der Waals surface area contributed by atoms with E-state index in [0.717, 1.165) is 11.6 Å². The third kappa shape index (κ3) is 2.79. The van der Waals surface area contributed by atoms with Gasteiger partial charge in [0.15, 0.2) is 0 Å². The van der Waals surface area contributed by atoms with Gasteiger partial charge < -0.3 is 5.73 Å². The van der Waals surface area contributed by atoms with Gasteiger partial charge in [0.1, 0.15) is 0 Å². The lowest BCUT2D eigenvalue weighted by Gasteiger charge is -1.98. The van der Waals surface area contributed by atoms with Crippen molar-refractivity contribution < 1.29 is 0 Å². The molecule has 94 valence electrons.